The molecule has 3 aromatic rings. The van der Waals surface area contributed by atoms with Crippen molar-refractivity contribution in [2.75, 3.05) is 6.54 Å². The quantitative estimate of drug-likeness (QED) is 0.306. The molecule has 1 saturated carbocycles. The Morgan fingerprint density at radius 1 is 1.03 bits per heavy atom. The third-order valence-electron chi connectivity index (χ3n) is 8.71. The summed E-state index contributed by atoms with van der Waals surface area (Å²) in [5.74, 6) is 1.25. The molecule has 0 saturated heterocycles. The summed E-state index contributed by atoms with van der Waals surface area (Å²) in [5, 5.41) is 12.1. The van der Waals surface area contributed by atoms with Crippen LogP contribution in [0.15, 0.2) is 48.7 Å². The van der Waals surface area contributed by atoms with Crippen LogP contribution in [0.1, 0.15) is 92.1 Å². The minimum absolute atomic E-state index is 0.0541. The molecule has 5 nitrogen and oxygen atoms in total. The number of aromatic nitrogens is 2. The van der Waals surface area contributed by atoms with Crippen molar-refractivity contribution in [1.29, 1.82) is 0 Å². The molecule has 1 aliphatic carbocycles. The van der Waals surface area contributed by atoms with Gasteiger partial charge in [-0.1, -0.05) is 54.5 Å². The number of benzene rings is 2. The number of hydrogen-bond acceptors (Lipinski definition) is 2. The third-order valence-corrected chi connectivity index (χ3v) is 8.71. The number of urea groups is 1. The lowest BCUT2D eigenvalue weighted by molar-refractivity contribution is 0.159. The van der Waals surface area contributed by atoms with E-state index in [1.54, 1.807) is 12.1 Å². The second-order valence-corrected chi connectivity index (χ2v) is 13.8. The molecule has 1 aliphatic rings. The number of nitrogens with one attached hydrogen (secondary N) is 2. The van der Waals surface area contributed by atoms with E-state index in [0.29, 0.717) is 17.9 Å². The van der Waals surface area contributed by atoms with Crippen molar-refractivity contribution in [2.45, 2.75) is 92.5 Å². The molecule has 0 radical (unpaired) electrons. The molecule has 1 heterocycles. The van der Waals surface area contributed by atoms with Crippen molar-refractivity contribution in [2.24, 2.45) is 22.7 Å². The summed E-state index contributed by atoms with van der Waals surface area (Å²) in [6.45, 7) is 16.6. The van der Waals surface area contributed by atoms with E-state index in [4.69, 9.17) is 0 Å². The highest BCUT2D eigenvalue weighted by atomic mass is 19.1. The number of carbonyl (C=O) groups is 1. The van der Waals surface area contributed by atoms with Gasteiger partial charge in [-0.3, -0.25) is 0 Å². The molecule has 39 heavy (non-hydrogen) atoms. The van der Waals surface area contributed by atoms with Crippen molar-refractivity contribution in [3.63, 3.8) is 0 Å². The highest BCUT2D eigenvalue weighted by molar-refractivity contribution is 5.81. The number of carbonyl (C=O) groups excluding carboxylic acids is 1. The van der Waals surface area contributed by atoms with E-state index in [2.05, 4.69) is 82.4 Å². The molecule has 4 rings (SSSR count). The van der Waals surface area contributed by atoms with Gasteiger partial charge in [0.05, 0.1) is 17.4 Å². The molecule has 1 fully saturated rings. The summed E-state index contributed by atoms with van der Waals surface area (Å²) in [4.78, 5) is 12.9. The molecule has 2 aromatic carbocycles. The van der Waals surface area contributed by atoms with Crippen molar-refractivity contribution < 1.29 is 9.18 Å². The zero-order valence-electron chi connectivity index (χ0n) is 24.9. The monoisotopic (exact) mass is 534 g/mol. The van der Waals surface area contributed by atoms with Crippen LogP contribution in [-0.4, -0.2) is 28.4 Å². The van der Waals surface area contributed by atoms with Crippen molar-refractivity contribution in [1.82, 2.24) is 20.4 Å². The van der Waals surface area contributed by atoms with Crippen LogP contribution < -0.4 is 10.6 Å². The average Bonchev–Trinajstić information content (AvgIpc) is 3.29. The summed E-state index contributed by atoms with van der Waals surface area (Å²) in [7, 11) is 0. The molecule has 2 amide bonds. The lowest BCUT2D eigenvalue weighted by Gasteiger charge is -2.38. The van der Waals surface area contributed by atoms with E-state index in [0.717, 1.165) is 41.8 Å². The van der Waals surface area contributed by atoms with E-state index in [9.17, 15) is 9.18 Å². The van der Waals surface area contributed by atoms with Gasteiger partial charge in [-0.2, -0.15) is 5.10 Å². The first-order chi connectivity index (χ1) is 18.3. The van der Waals surface area contributed by atoms with Crippen LogP contribution in [0.5, 0.6) is 0 Å². The van der Waals surface area contributed by atoms with Crippen LogP contribution in [0.25, 0.3) is 16.6 Å². The normalized spacial score (nSPS) is 19.3. The Hall–Kier alpha value is -2.89. The number of rotatable bonds is 8. The lowest BCUT2D eigenvalue weighted by Crippen LogP contribution is -2.47. The zero-order chi connectivity index (χ0) is 28.4. The first-order valence-corrected chi connectivity index (χ1v) is 14.6. The van der Waals surface area contributed by atoms with Crippen molar-refractivity contribution in [3.8, 4) is 5.69 Å². The number of nitrogens with zero attached hydrogens (tertiary/aromatic N) is 2. The number of hydrogen-bond donors (Lipinski definition) is 2. The van der Waals surface area contributed by atoms with Crippen LogP contribution in [0.3, 0.4) is 0 Å². The summed E-state index contributed by atoms with van der Waals surface area (Å²) in [6, 6.07) is 13.1. The Labute approximate surface area is 233 Å². The first-order valence-electron chi connectivity index (χ1n) is 14.6. The predicted octanol–water partition coefficient (Wildman–Crippen LogP) is 8.22. The smallest absolute Gasteiger partial charge is 0.315 e. The van der Waals surface area contributed by atoms with Crippen LogP contribution >= 0.6 is 0 Å². The molecule has 0 bridgehead atoms. The maximum absolute atomic E-state index is 13.4. The van der Waals surface area contributed by atoms with Gasteiger partial charge >= 0.3 is 6.03 Å². The van der Waals surface area contributed by atoms with Gasteiger partial charge in [-0.15, -0.1) is 0 Å². The fraction of sp³-hybridized carbons (Fsp3) is 0.576. The lowest BCUT2D eigenvalue weighted by atomic mass is 9.71. The summed E-state index contributed by atoms with van der Waals surface area (Å²) in [5.41, 5.74) is 3.27. The van der Waals surface area contributed by atoms with Gasteiger partial charge in [0.1, 0.15) is 5.82 Å². The molecule has 212 valence electrons. The molecule has 0 aliphatic heterocycles. The maximum Gasteiger partial charge on any atom is 0.315 e. The van der Waals surface area contributed by atoms with Crippen molar-refractivity contribution in [3.05, 3.63) is 60.0 Å². The van der Waals surface area contributed by atoms with Crippen LogP contribution in [0.2, 0.25) is 0 Å². The van der Waals surface area contributed by atoms with Gasteiger partial charge in [0, 0.05) is 18.0 Å². The number of amides is 2. The van der Waals surface area contributed by atoms with Crippen LogP contribution in [0, 0.1) is 28.5 Å². The predicted molar refractivity (Wildman–Crippen MR) is 159 cm³/mol. The largest absolute Gasteiger partial charge is 0.338 e. The fourth-order valence-corrected chi connectivity index (χ4v) is 6.21. The third kappa shape index (κ3) is 7.20. The highest BCUT2D eigenvalue weighted by Gasteiger charge is 2.33. The molecule has 6 heteroatoms. The van der Waals surface area contributed by atoms with Crippen LogP contribution in [0.4, 0.5) is 9.18 Å². The first kappa shape index (κ1) is 29.1. The molecule has 1 unspecified atom stereocenters. The van der Waals surface area contributed by atoms with Gasteiger partial charge in [0.15, 0.2) is 0 Å². The molecule has 0 spiro atoms. The average molecular weight is 535 g/mol. The number of halogens is 1. The SMILES string of the molecule is CC(C)CC(c1ccc2c(cnn2-c2ccc(F)cc2)c1)C(C)(C)CNC(=O)NC1CCC(C(C)(C)C)CC1. The van der Waals surface area contributed by atoms with Gasteiger partial charge < -0.3 is 10.6 Å². The summed E-state index contributed by atoms with van der Waals surface area (Å²) in [6.07, 6.45) is 7.36. The minimum Gasteiger partial charge on any atom is -0.338 e. The Morgan fingerprint density at radius 2 is 1.69 bits per heavy atom. The van der Waals surface area contributed by atoms with Gasteiger partial charge in [-0.05, 0) is 103 Å². The molecular weight excluding hydrogens is 487 g/mol. The van der Waals surface area contributed by atoms with E-state index >= 15 is 0 Å². The minimum atomic E-state index is -0.258. The Balaban J connectivity index is 1.44. The Morgan fingerprint density at radius 3 is 2.31 bits per heavy atom. The van der Waals surface area contributed by atoms with E-state index in [-0.39, 0.29) is 29.2 Å². The Kier molecular flexibility index (Phi) is 8.72. The zero-order valence-corrected chi connectivity index (χ0v) is 24.9. The van der Waals surface area contributed by atoms with Gasteiger partial charge in [-0.25, -0.2) is 13.9 Å². The molecule has 1 aromatic heterocycles. The molecule has 1 atom stereocenters. The maximum atomic E-state index is 13.4. The molecular formula is C33H47FN4O. The standard InChI is InChI=1S/C33H47FN4O/c1-22(2)18-29(23-8-17-30-24(19-23)20-36-38(30)28-15-11-26(34)12-16-28)33(6,7)21-35-31(39)37-27-13-9-25(10-14-27)32(3,4)5/h8,11-12,15-17,19-20,22,25,27,29H,9-10,13-14,18,21H2,1-7H3,(H2,35,37,39). The van der Waals surface area contributed by atoms with Gasteiger partial charge in [0.25, 0.3) is 0 Å². The fourth-order valence-electron chi connectivity index (χ4n) is 6.21. The van der Waals surface area contributed by atoms with E-state index in [1.807, 2.05) is 10.9 Å². The van der Waals surface area contributed by atoms with Crippen LogP contribution in [-0.2, 0) is 0 Å². The van der Waals surface area contributed by atoms with Crippen molar-refractivity contribution >= 4 is 16.9 Å². The summed E-state index contributed by atoms with van der Waals surface area (Å²) < 4.78 is 15.3. The highest BCUT2D eigenvalue weighted by Crippen LogP contribution is 2.41. The topological polar surface area (TPSA) is 59.0 Å². The van der Waals surface area contributed by atoms with Gasteiger partial charge in [0.2, 0.25) is 0 Å². The summed E-state index contributed by atoms with van der Waals surface area (Å²) >= 11 is 0. The second-order valence-electron chi connectivity index (χ2n) is 13.8. The van der Waals surface area contributed by atoms with E-state index in [1.165, 1.54) is 30.5 Å². The Bertz CT molecular complexity index is 1250. The second kappa shape index (κ2) is 11.7. The molecule has 2 N–H and O–H groups in total. The number of fused-ring (bicyclic) bond motifs is 1. The van der Waals surface area contributed by atoms with E-state index < -0.39 is 0 Å².